The molecule has 4 rings (SSSR count). The maximum atomic E-state index is 13.3. The Morgan fingerprint density at radius 3 is 2.61 bits per heavy atom. The third-order valence-corrected chi connectivity index (χ3v) is 6.91. The molecular formula is C23H22N4O2S2. The summed E-state index contributed by atoms with van der Waals surface area (Å²) in [5, 5.41) is 3.86. The molecule has 0 saturated carbocycles. The molecule has 0 saturated heterocycles. The van der Waals surface area contributed by atoms with Gasteiger partial charge in [-0.3, -0.25) is 19.1 Å². The van der Waals surface area contributed by atoms with Crippen LogP contribution in [0.1, 0.15) is 23.7 Å². The molecule has 2 aromatic carbocycles. The van der Waals surface area contributed by atoms with E-state index in [1.54, 1.807) is 11.6 Å². The Balaban J connectivity index is 1.66. The maximum absolute atomic E-state index is 13.3. The van der Waals surface area contributed by atoms with E-state index in [4.69, 9.17) is 4.98 Å². The Kier molecular flexibility index (Phi) is 6.20. The predicted molar refractivity (Wildman–Crippen MR) is 127 cm³/mol. The van der Waals surface area contributed by atoms with E-state index in [2.05, 4.69) is 4.98 Å². The van der Waals surface area contributed by atoms with Crippen LogP contribution in [0.4, 0.5) is 5.13 Å². The van der Waals surface area contributed by atoms with E-state index in [0.717, 1.165) is 11.3 Å². The van der Waals surface area contributed by atoms with Gasteiger partial charge in [0.05, 0.1) is 23.1 Å². The molecule has 158 valence electrons. The summed E-state index contributed by atoms with van der Waals surface area (Å²) in [5.41, 5.74) is 3.71. The first-order chi connectivity index (χ1) is 14.9. The highest BCUT2D eigenvalue weighted by Gasteiger charge is 2.15. The lowest BCUT2D eigenvalue weighted by Crippen LogP contribution is -2.24. The Morgan fingerprint density at radius 1 is 1.13 bits per heavy atom. The average Bonchev–Trinajstić information content (AvgIpc) is 3.24. The first-order valence-electron chi connectivity index (χ1n) is 9.79. The van der Waals surface area contributed by atoms with Crippen LogP contribution in [-0.2, 0) is 17.1 Å². The van der Waals surface area contributed by atoms with Crippen molar-refractivity contribution in [3.05, 3.63) is 81.1 Å². The van der Waals surface area contributed by atoms with Crippen molar-refractivity contribution in [1.82, 2.24) is 14.5 Å². The van der Waals surface area contributed by atoms with Crippen LogP contribution in [0.2, 0.25) is 0 Å². The first kappa shape index (κ1) is 21.3. The van der Waals surface area contributed by atoms with Crippen LogP contribution in [-0.4, -0.2) is 27.5 Å². The number of thiazole rings is 1. The van der Waals surface area contributed by atoms with Crippen molar-refractivity contribution in [3.63, 3.8) is 0 Å². The molecule has 0 bridgehead atoms. The Hall–Kier alpha value is -2.97. The summed E-state index contributed by atoms with van der Waals surface area (Å²) in [4.78, 5) is 35.7. The van der Waals surface area contributed by atoms with Crippen molar-refractivity contribution in [3.8, 4) is 0 Å². The number of nitrogens with zero attached hydrogens (tertiary/aromatic N) is 4. The molecule has 0 aliphatic heterocycles. The largest absolute Gasteiger partial charge is 0.292 e. The maximum Gasteiger partial charge on any atom is 0.262 e. The van der Waals surface area contributed by atoms with Gasteiger partial charge in [-0.2, -0.15) is 0 Å². The molecule has 0 unspecified atom stereocenters. The molecule has 0 N–H and O–H groups in total. The number of aryl methyl sites for hydroxylation is 1. The van der Waals surface area contributed by atoms with E-state index in [1.807, 2.05) is 60.8 Å². The molecule has 31 heavy (non-hydrogen) atoms. The predicted octanol–water partition coefficient (Wildman–Crippen LogP) is 4.48. The van der Waals surface area contributed by atoms with E-state index in [0.29, 0.717) is 33.5 Å². The molecule has 0 fully saturated rings. The van der Waals surface area contributed by atoms with Crippen LogP contribution in [0.25, 0.3) is 10.9 Å². The van der Waals surface area contributed by atoms with Gasteiger partial charge in [-0.05, 0) is 24.6 Å². The SMILES string of the molecule is CC(=O)N(C)c1nc(CSc2nc3ccccc3c(=O)n2Cc2ccc(C)cc2)cs1. The second-order valence-electron chi connectivity index (χ2n) is 7.28. The van der Waals surface area contributed by atoms with E-state index < -0.39 is 0 Å². The normalized spacial score (nSPS) is 11.1. The Bertz CT molecular complexity index is 1300. The van der Waals surface area contributed by atoms with Gasteiger partial charge in [0, 0.05) is 25.1 Å². The van der Waals surface area contributed by atoms with Gasteiger partial charge in [-0.25, -0.2) is 9.97 Å². The minimum atomic E-state index is -0.0586. The van der Waals surface area contributed by atoms with E-state index in [1.165, 1.54) is 40.5 Å². The third-order valence-electron chi connectivity index (χ3n) is 4.94. The van der Waals surface area contributed by atoms with Crippen molar-refractivity contribution in [2.24, 2.45) is 0 Å². The van der Waals surface area contributed by atoms with Gasteiger partial charge in [0.15, 0.2) is 10.3 Å². The van der Waals surface area contributed by atoms with Crippen molar-refractivity contribution in [2.45, 2.75) is 31.3 Å². The second-order valence-corrected chi connectivity index (χ2v) is 9.06. The van der Waals surface area contributed by atoms with Crippen LogP contribution in [0, 0.1) is 6.92 Å². The minimum absolute atomic E-state index is 0.0519. The average molecular weight is 451 g/mol. The van der Waals surface area contributed by atoms with Gasteiger partial charge in [0.2, 0.25) is 5.91 Å². The monoisotopic (exact) mass is 450 g/mol. The molecule has 2 aromatic heterocycles. The number of rotatable bonds is 6. The lowest BCUT2D eigenvalue weighted by Gasteiger charge is -2.13. The number of anilines is 1. The fraction of sp³-hybridized carbons (Fsp3) is 0.217. The van der Waals surface area contributed by atoms with Gasteiger partial charge in [0.1, 0.15) is 0 Å². The number of benzene rings is 2. The molecule has 4 aromatic rings. The van der Waals surface area contributed by atoms with Gasteiger partial charge >= 0.3 is 0 Å². The summed E-state index contributed by atoms with van der Waals surface area (Å²) >= 11 is 2.90. The summed E-state index contributed by atoms with van der Waals surface area (Å²) in [6, 6.07) is 15.6. The van der Waals surface area contributed by atoms with Crippen molar-refractivity contribution < 1.29 is 4.79 Å². The molecular weight excluding hydrogens is 428 g/mol. The van der Waals surface area contributed by atoms with Crippen LogP contribution < -0.4 is 10.5 Å². The van der Waals surface area contributed by atoms with Crippen LogP contribution >= 0.6 is 23.1 Å². The number of para-hydroxylation sites is 1. The summed E-state index contributed by atoms with van der Waals surface area (Å²) in [6.45, 7) is 4.01. The molecule has 0 radical (unpaired) electrons. The highest BCUT2D eigenvalue weighted by molar-refractivity contribution is 7.98. The summed E-state index contributed by atoms with van der Waals surface area (Å²) in [6.07, 6.45) is 0. The number of carbonyl (C=O) groups excluding carboxylic acids is 1. The zero-order chi connectivity index (χ0) is 22.0. The van der Waals surface area contributed by atoms with E-state index in [9.17, 15) is 9.59 Å². The van der Waals surface area contributed by atoms with Crippen molar-refractivity contribution >= 4 is 45.0 Å². The van der Waals surface area contributed by atoms with Gasteiger partial charge in [-0.1, -0.05) is 53.7 Å². The van der Waals surface area contributed by atoms with Gasteiger partial charge < -0.3 is 0 Å². The van der Waals surface area contributed by atoms with Crippen LogP contribution in [0.15, 0.2) is 63.9 Å². The first-order valence-corrected chi connectivity index (χ1v) is 11.7. The molecule has 0 aliphatic rings. The van der Waals surface area contributed by atoms with E-state index >= 15 is 0 Å². The quantitative estimate of drug-likeness (QED) is 0.320. The summed E-state index contributed by atoms with van der Waals surface area (Å²) < 4.78 is 1.73. The number of amides is 1. The molecule has 1 amide bonds. The van der Waals surface area contributed by atoms with Gasteiger partial charge in [0.25, 0.3) is 5.56 Å². The lowest BCUT2D eigenvalue weighted by molar-refractivity contribution is -0.116. The highest BCUT2D eigenvalue weighted by atomic mass is 32.2. The summed E-state index contributed by atoms with van der Waals surface area (Å²) in [7, 11) is 1.71. The third kappa shape index (κ3) is 4.70. The topological polar surface area (TPSA) is 68.1 Å². The molecule has 2 heterocycles. The molecule has 6 nitrogen and oxygen atoms in total. The molecule has 0 spiro atoms. The lowest BCUT2D eigenvalue weighted by atomic mass is 10.1. The fourth-order valence-electron chi connectivity index (χ4n) is 3.06. The number of hydrogen-bond acceptors (Lipinski definition) is 6. The Morgan fingerprint density at radius 2 is 1.87 bits per heavy atom. The van der Waals surface area contributed by atoms with Crippen molar-refractivity contribution in [1.29, 1.82) is 0 Å². The number of carbonyl (C=O) groups is 1. The number of fused-ring (bicyclic) bond motifs is 1. The zero-order valence-corrected chi connectivity index (χ0v) is 19.2. The smallest absolute Gasteiger partial charge is 0.262 e. The fourth-order valence-corrected chi connectivity index (χ4v) is 4.89. The Labute approximate surface area is 188 Å². The number of thioether (sulfide) groups is 1. The second kappa shape index (κ2) is 9.03. The zero-order valence-electron chi connectivity index (χ0n) is 17.5. The molecule has 0 aliphatic carbocycles. The van der Waals surface area contributed by atoms with Crippen LogP contribution in [0.3, 0.4) is 0 Å². The van der Waals surface area contributed by atoms with E-state index in [-0.39, 0.29) is 11.5 Å². The summed E-state index contributed by atoms with van der Waals surface area (Å²) in [5.74, 6) is 0.498. The number of aromatic nitrogens is 3. The highest BCUT2D eigenvalue weighted by Crippen LogP contribution is 2.26. The minimum Gasteiger partial charge on any atom is -0.292 e. The van der Waals surface area contributed by atoms with Crippen molar-refractivity contribution in [2.75, 3.05) is 11.9 Å². The standard InChI is InChI=1S/C23H22N4O2S2/c1-15-8-10-17(11-9-15)12-27-21(29)19-6-4-5-7-20(19)25-23(27)31-14-18-13-30-22(24-18)26(3)16(2)28/h4-11,13H,12,14H2,1-3H3. The van der Waals surface area contributed by atoms with Crippen LogP contribution in [0.5, 0.6) is 0 Å². The number of hydrogen-bond donors (Lipinski definition) is 0. The molecule has 0 atom stereocenters. The van der Waals surface area contributed by atoms with Gasteiger partial charge in [-0.15, -0.1) is 11.3 Å². The molecule has 8 heteroatoms.